The van der Waals surface area contributed by atoms with Gasteiger partial charge in [-0.3, -0.25) is 4.79 Å². The van der Waals surface area contributed by atoms with Crippen LogP contribution in [0, 0.1) is 5.41 Å². The number of amides is 1. The summed E-state index contributed by atoms with van der Waals surface area (Å²) in [4.78, 5) is 27.6. The van der Waals surface area contributed by atoms with Crippen molar-refractivity contribution in [1.29, 1.82) is 0 Å². The van der Waals surface area contributed by atoms with Gasteiger partial charge < -0.3 is 15.1 Å². The minimum Gasteiger partial charge on any atom is -0.350 e. The summed E-state index contributed by atoms with van der Waals surface area (Å²) in [6, 6.07) is 10.5. The van der Waals surface area contributed by atoms with E-state index < -0.39 is 0 Å². The van der Waals surface area contributed by atoms with Crippen molar-refractivity contribution >= 4 is 11.9 Å². The summed E-state index contributed by atoms with van der Waals surface area (Å²) in [6.45, 7) is 10.2. The molecule has 1 saturated carbocycles. The van der Waals surface area contributed by atoms with Crippen LogP contribution in [0.4, 0.5) is 5.95 Å². The van der Waals surface area contributed by atoms with E-state index in [2.05, 4.69) is 53.2 Å². The number of carbonyl (C=O) groups is 1. The van der Waals surface area contributed by atoms with E-state index in [-0.39, 0.29) is 17.2 Å². The van der Waals surface area contributed by atoms with Crippen LogP contribution in [0.1, 0.15) is 79.2 Å². The first-order chi connectivity index (χ1) is 16.0. The van der Waals surface area contributed by atoms with Crippen molar-refractivity contribution < 1.29 is 4.79 Å². The number of nitrogens with zero attached hydrogens (tertiary/aromatic N) is 4. The largest absolute Gasteiger partial charge is 0.350 e. The van der Waals surface area contributed by atoms with E-state index in [4.69, 9.17) is 9.97 Å². The molecule has 1 aliphatic carbocycles. The average molecular weight is 448 g/mol. The number of aromatic nitrogens is 2. The number of benzene rings is 1. The van der Waals surface area contributed by atoms with Crippen LogP contribution in [0.25, 0.3) is 0 Å². The minimum atomic E-state index is -0.0668. The molecule has 3 heterocycles. The Morgan fingerprint density at radius 2 is 1.82 bits per heavy atom. The van der Waals surface area contributed by atoms with Crippen molar-refractivity contribution in [1.82, 2.24) is 20.2 Å². The molecule has 176 valence electrons. The normalized spacial score (nSPS) is 19.9. The summed E-state index contributed by atoms with van der Waals surface area (Å²) in [5, 5.41) is 3.23. The fourth-order valence-corrected chi connectivity index (χ4v) is 5.19. The van der Waals surface area contributed by atoms with Gasteiger partial charge in [0.2, 0.25) is 5.95 Å². The lowest BCUT2D eigenvalue weighted by molar-refractivity contribution is 0.0930. The lowest BCUT2D eigenvalue weighted by Crippen LogP contribution is -2.40. The quantitative estimate of drug-likeness (QED) is 0.691. The molecule has 2 fully saturated rings. The maximum atomic E-state index is 13.2. The molecule has 0 unspecified atom stereocenters. The van der Waals surface area contributed by atoms with Crippen LogP contribution < -0.4 is 10.2 Å². The Morgan fingerprint density at radius 1 is 1.06 bits per heavy atom. The van der Waals surface area contributed by atoms with Crippen LogP contribution in [0.3, 0.4) is 0 Å². The lowest BCUT2D eigenvalue weighted by atomic mass is 10.0. The van der Waals surface area contributed by atoms with E-state index in [9.17, 15) is 4.79 Å². The van der Waals surface area contributed by atoms with Gasteiger partial charge in [-0.15, -0.1) is 0 Å². The monoisotopic (exact) mass is 447 g/mol. The molecule has 2 aromatic rings. The zero-order valence-corrected chi connectivity index (χ0v) is 20.1. The van der Waals surface area contributed by atoms with Crippen LogP contribution in [0.15, 0.2) is 30.3 Å². The topological polar surface area (TPSA) is 61.4 Å². The molecule has 6 nitrogen and oxygen atoms in total. The van der Waals surface area contributed by atoms with Crippen molar-refractivity contribution in [3.05, 3.63) is 52.8 Å². The van der Waals surface area contributed by atoms with Crippen LogP contribution in [-0.2, 0) is 13.0 Å². The molecular weight excluding hydrogens is 410 g/mol. The van der Waals surface area contributed by atoms with E-state index in [1.165, 1.54) is 56.3 Å². The Bertz CT molecular complexity index is 994. The second kappa shape index (κ2) is 9.41. The lowest BCUT2D eigenvalue weighted by Gasteiger charge is -2.30. The highest BCUT2D eigenvalue weighted by atomic mass is 16.1. The van der Waals surface area contributed by atoms with Gasteiger partial charge in [-0.25, -0.2) is 9.97 Å². The van der Waals surface area contributed by atoms with Gasteiger partial charge in [0, 0.05) is 37.3 Å². The SMILES string of the molecule is CC(C)c1cc(C(=O)NCC2(CN3CCCCC3)CC2)nc(N2CCc3ccccc3C2)n1. The average Bonchev–Trinajstić information content (AvgIpc) is 3.62. The molecule has 1 saturated heterocycles. The molecule has 1 amide bonds. The zero-order chi connectivity index (χ0) is 22.8. The standard InChI is InChI=1S/C27H37N5O/c1-20(2)23-16-24(25(33)28-18-27(11-12-27)19-31-13-6-3-7-14-31)30-26(29-23)32-15-10-21-8-4-5-9-22(21)17-32/h4-5,8-9,16,20H,3,6-7,10-15,17-19H2,1-2H3,(H,28,33). The number of hydrogen-bond donors (Lipinski definition) is 1. The van der Waals surface area contributed by atoms with Gasteiger partial charge in [0.25, 0.3) is 5.91 Å². The van der Waals surface area contributed by atoms with Crippen LogP contribution >= 0.6 is 0 Å². The summed E-state index contributed by atoms with van der Waals surface area (Å²) in [5.74, 6) is 0.849. The number of carbonyl (C=O) groups excluding carboxylic acids is 1. The molecule has 0 radical (unpaired) electrons. The van der Waals surface area contributed by atoms with Crippen molar-refractivity contribution in [3.63, 3.8) is 0 Å². The number of nitrogens with one attached hydrogen (secondary N) is 1. The van der Waals surface area contributed by atoms with Gasteiger partial charge >= 0.3 is 0 Å². The molecular formula is C27H37N5O. The summed E-state index contributed by atoms with van der Waals surface area (Å²) in [6.07, 6.45) is 7.38. The second-order valence-electron chi connectivity index (χ2n) is 10.6. The highest BCUT2D eigenvalue weighted by Gasteiger charge is 2.44. The Morgan fingerprint density at radius 3 is 2.55 bits per heavy atom. The fourth-order valence-electron chi connectivity index (χ4n) is 5.19. The van der Waals surface area contributed by atoms with Crippen molar-refractivity contribution in [2.45, 2.75) is 64.8 Å². The number of hydrogen-bond acceptors (Lipinski definition) is 5. The maximum absolute atomic E-state index is 13.2. The number of anilines is 1. The van der Waals surface area contributed by atoms with E-state index >= 15 is 0 Å². The molecule has 5 rings (SSSR count). The van der Waals surface area contributed by atoms with E-state index in [0.29, 0.717) is 11.6 Å². The highest BCUT2D eigenvalue weighted by Crippen LogP contribution is 2.46. The predicted octanol–water partition coefficient (Wildman–Crippen LogP) is 4.16. The van der Waals surface area contributed by atoms with Crippen LogP contribution in [0.2, 0.25) is 0 Å². The van der Waals surface area contributed by atoms with Crippen molar-refractivity contribution in [2.24, 2.45) is 5.41 Å². The third kappa shape index (κ3) is 5.21. The third-order valence-corrected chi connectivity index (χ3v) is 7.56. The second-order valence-corrected chi connectivity index (χ2v) is 10.6. The zero-order valence-electron chi connectivity index (χ0n) is 20.1. The van der Waals surface area contributed by atoms with E-state index in [0.717, 1.165) is 38.3 Å². The summed E-state index contributed by atoms with van der Waals surface area (Å²) in [7, 11) is 0. The summed E-state index contributed by atoms with van der Waals surface area (Å²) in [5.41, 5.74) is 4.41. The molecule has 0 atom stereocenters. The van der Waals surface area contributed by atoms with E-state index in [1.54, 1.807) is 0 Å². The molecule has 1 aromatic carbocycles. The molecule has 33 heavy (non-hydrogen) atoms. The Hall–Kier alpha value is -2.47. The van der Waals surface area contributed by atoms with Gasteiger partial charge in [-0.2, -0.15) is 0 Å². The fraction of sp³-hybridized carbons (Fsp3) is 0.593. The predicted molar refractivity (Wildman–Crippen MR) is 132 cm³/mol. The smallest absolute Gasteiger partial charge is 0.270 e. The minimum absolute atomic E-state index is 0.0668. The highest BCUT2D eigenvalue weighted by molar-refractivity contribution is 5.92. The van der Waals surface area contributed by atoms with Crippen molar-refractivity contribution in [3.8, 4) is 0 Å². The molecule has 3 aliphatic rings. The van der Waals surface area contributed by atoms with Gasteiger partial charge in [-0.1, -0.05) is 44.5 Å². The van der Waals surface area contributed by atoms with Gasteiger partial charge in [0.05, 0.1) is 0 Å². The van der Waals surface area contributed by atoms with E-state index in [1.807, 2.05) is 6.07 Å². The van der Waals surface area contributed by atoms with Crippen LogP contribution in [-0.4, -0.2) is 53.5 Å². The first-order valence-corrected chi connectivity index (χ1v) is 12.7. The molecule has 1 aromatic heterocycles. The summed E-state index contributed by atoms with van der Waals surface area (Å²) >= 11 is 0. The first kappa shape index (κ1) is 22.3. The number of likely N-dealkylation sites (tertiary alicyclic amines) is 1. The number of fused-ring (bicyclic) bond motifs is 1. The Balaban J connectivity index is 1.28. The van der Waals surface area contributed by atoms with Crippen molar-refractivity contribution in [2.75, 3.05) is 37.6 Å². The maximum Gasteiger partial charge on any atom is 0.270 e. The summed E-state index contributed by atoms with van der Waals surface area (Å²) < 4.78 is 0. The van der Waals surface area contributed by atoms with Crippen LogP contribution in [0.5, 0.6) is 0 Å². The van der Waals surface area contributed by atoms with Gasteiger partial charge in [0.1, 0.15) is 5.69 Å². The number of piperidine rings is 1. The van der Waals surface area contributed by atoms with Gasteiger partial charge in [-0.05, 0) is 68.3 Å². The molecule has 0 spiro atoms. The Labute approximate surface area is 197 Å². The molecule has 6 heteroatoms. The third-order valence-electron chi connectivity index (χ3n) is 7.56. The van der Waals surface area contributed by atoms with Gasteiger partial charge in [0.15, 0.2) is 0 Å². The molecule has 0 bridgehead atoms. The molecule has 1 N–H and O–H groups in total. The number of rotatable bonds is 7. The Kier molecular flexibility index (Phi) is 6.37. The molecule has 2 aliphatic heterocycles. The first-order valence-electron chi connectivity index (χ1n) is 12.7.